The Morgan fingerprint density at radius 1 is 1.11 bits per heavy atom. The van der Waals surface area contributed by atoms with Gasteiger partial charge in [0.2, 0.25) is 0 Å². The first-order valence-electron chi connectivity index (χ1n) is 3.58. The van der Waals surface area contributed by atoms with Gasteiger partial charge in [0.1, 0.15) is 0 Å². The molecule has 0 aromatic carbocycles. The van der Waals surface area contributed by atoms with Crippen molar-refractivity contribution in [3.63, 3.8) is 0 Å². The van der Waals surface area contributed by atoms with E-state index in [4.69, 9.17) is 0 Å². The van der Waals surface area contributed by atoms with Crippen molar-refractivity contribution in [1.29, 1.82) is 0 Å². The van der Waals surface area contributed by atoms with Gasteiger partial charge in [-0.3, -0.25) is 0 Å². The molecule has 0 amide bonds. The van der Waals surface area contributed by atoms with E-state index in [9.17, 15) is 0 Å². The van der Waals surface area contributed by atoms with E-state index in [2.05, 4.69) is 23.8 Å². The molecule has 1 aliphatic carbocycles. The molecule has 9 heavy (non-hydrogen) atoms. The molecule has 0 radical (unpaired) electrons. The molecule has 0 spiro atoms. The van der Waals surface area contributed by atoms with Crippen LogP contribution in [0.15, 0.2) is 0 Å². The molecule has 0 saturated heterocycles. The minimum atomic E-state index is 0.663. The van der Waals surface area contributed by atoms with Gasteiger partial charge in [-0.25, -0.2) is 0 Å². The monoisotopic (exact) mass is 140 g/mol. The standard InChI is InChI=1S/C8H12S/c9-7-6-8-4-2-1-3-5-8/h8-9H,1-5H2. The Morgan fingerprint density at radius 2 is 1.78 bits per heavy atom. The molecule has 1 saturated carbocycles. The smallest absolute Gasteiger partial charge is 0.0211 e. The summed E-state index contributed by atoms with van der Waals surface area (Å²) in [4.78, 5) is 0. The zero-order valence-electron chi connectivity index (χ0n) is 5.56. The van der Waals surface area contributed by atoms with Crippen molar-refractivity contribution in [3.05, 3.63) is 0 Å². The topological polar surface area (TPSA) is 0 Å². The third kappa shape index (κ3) is 2.32. The summed E-state index contributed by atoms with van der Waals surface area (Å²) in [5, 5.41) is 2.68. The Labute approximate surface area is 62.4 Å². The Hall–Kier alpha value is -0.0900. The fourth-order valence-corrected chi connectivity index (χ4v) is 1.52. The van der Waals surface area contributed by atoms with Crippen LogP contribution in [-0.4, -0.2) is 0 Å². The number of hydrogen-bond donors (Lipinski definition) is 1. The average Bonchev–Trinajstić information content (AvgIpc) is 1.91. The van der Waals surface area contributed by atoms with Gasteiger partial charge in [-0.1, -0.05) is 37.8 Å². The van der Waals surface area contributed by atoms with Crippen molar-refractivity contribution in [2.24, 2.45) is 5.92 Å². The minimum Gasteiger partial charge on any atom is -0.0922 e. The second-order valence-corrected chi connectivity index (χ2v) is 2.81. The summed E-state index contributed by atoms with van der Waals surface area (Å²) >= 11 is 3.87. The Morgan fingerprint density at radius 3 is 2.33 bits per heavy atom. The zero-order chi connectivity index (χ0) is 6.53. The molecule has 0 aromatic rings. The summed E-state index contributed by atoms with van der Waals surface area (Å²) in [5.41, 5.74) is 0. The Balaban J connectivity index is 2.28. The van der Waals surface area contributed by atoms with Gasteiger partial charge in [-0.15, -0.1) is 0 Å². The average molecular weight is 140 g/mol. The molecule has 1 heteroatoms. The zero-order valence-corrected chi connectivity index (χ0v) is 6.45. The van der Waals surface area contributed by atoms with Gasteiger partial charge in [0.15, 0.2) is 0 Å². The summed E-state index contributed by atoms with van der Waals surface area (Å²) in [7, 11) is 0. The SMILES string of the molecule is SC#CC1CCCCC1. The van der Waals surface area contributed by atoms with Crippen LogP contribution in [-0.2, 0) is 0 Å². The second kappa shape index (κ2) is 3.85. The van der Waals surface area contributed by atoms with E-state index in [0.717, 1.165) is 0 Å². The van der Waals surface area contributed by atoms with E-state index in [0.29, 0.717) is 5.92 Å². The maximum atomic E-state index is 3.87. The molecular weight excluding hydrogens is 128 g/mol. The maximum Gasteiger partial charge on any atom is 0.0211 e. The molecule has 1 rings (SSSR count). The molecule has 0 bridgehead atoms. The third-order valence-electron chi connectivity index (χ3n) is 1.87. The number of thiol groups is 1. The molecule has 50 valence electrons. The highest BCUT2D eigenvalue weighted by Crippen LogP contribution is 2.22. The van der Waals surface area contributed by atoms with Gasteiger partial charge in [-0.05, 0) is 18.1 Å². The molecule has 1 aliphatic rings. The lowest BCUT2D eigenvalue weighted by Gasteiger charge is -2.15. The molecule has 0 atom stereocenters. The Kier molecular flexibility index (Phi) is 3.00. The van der Waals surface area contributed by atoms with Crippen LogP contribution in [0.2, 0.25) is 0 Å². The highest BCUT2D eigenvalue weighted by atomic mass is 32.1. The summed E-state index contributed by atoms with van der Waals surface area (Å²) < 4.78 is 0. The number of rotatable bonds is 0. The van der Waals surface area contributed by atoms with Gasteiger partial charge >= 0.3 is 0 Å². The fourth-order valence-electron chi connectivity index (χ4n) is 1.34. The van der Waals surface area contributed by atoms with Crippen LogP contribution in [0.3, 0.4) is 0 Å². The summed E-state index contributed by atoms with van der Waals surface area (Å²) in [6.07, 6.45) is 6.74. The van der Waals surface area contributed by atoms with Gasteiger partial charge in [0.25, 0.3) is 0 Å². The van der Waals surface area contributed by atoms with Crippen LogP contribution in [0.25, 0.3) is 0 Å². The normalized spacial score (nSPS) is 20.6. The largest absolute Gasteiger partial charge is 0.0922 e. The molecule has 0 nitrogen and oxygen atoms in total. The fraction of sp³-hybridized carbons (Fsp3) is 0.750. The van der Waals surface area contributed by atoms with Crippen LogP contribution < -0.4 is 0 Å². The van der Waals surface area contributed by atoms with Gasteiger partial charge < -0.3 is 0 Å². The van der Waals surface area contributed by atoms with Crippen molar-refractivity contribution in [2.75, 3.05) is 0 Å². The number of hydrogen-bond acceptors (Lipinski definition) is 1. The van der Waals surface area contributed by atoms with Crippen LogP contribution in [0, 0.1) is 17.1 Å². The molecule has 0 N–H and O–H groups in total. The lowest BCUT2D eigenvalue weighted by molar-refractivity contribution is 0.430. The van der Waals surface area contributed by atoms with Crippen LogP contribution in [0.4, 0.5) is 0 Å². The first-order chi connectivity index (χ1) is 4.43. The van der Waals surface area contributed by atoms with Crippen LogP contribution in [0.1, 0.15) is 32.1 Å². The molecular formula is C8H12S. The highest BCUT2D eigenvalue weighted by Gasteiger charge is 2.09. The maximum absolute atomic E-state index is 3.87. The quantitative estimate of drug-likeness (QED) is 0.388. The van der Waals surface area contributed by atoms with Crippen molar-refractivity contribution in [1.82, 2.24) is 0 Å². The summed E-state index contributed by atoms with van der Waals surface area (Å²) in [6, 6.07) is 0. The van der Waals surface area contributed by atoms with E-state index in [-0.39, 0.29) is 0 Å². The molecule has 0 unspecified atom stereocenters. The first-order valence-corrected chi connectivity index (χ1v) is 4.03. The predicted molar refractivity (Wildman–Crippen MR) is 43.3 cm³/mol. The molecule has 1 fully saturated rings. The molecule has 0 aromatic heterocycles. The van der Waals surface area contributed by atoms with Crippen molar-refractivity contribution < 1.29 is 0 Å². The van der Waals surface area contributed by atoms with Crippen molar-refractivity contribution >= 4 is 12.6 Å². The van der Waals surface area contributed by atoms with Gasteiger partial charge in [0, 0.05) is 5.92 Å². The third-order valence-corrected chi connectivity index (χ3v) is 2.00. The first kappa shape index (κ1) is 7.02. The Bertz CT molecular complexity index is 123. The molecule has 0 aliphatic heterocycles. The predicted octanol–water partition coefficient (Wildman–Crippen LogP) is 2.46. The van der Waals surface area contributed by atoms with Crippen molar-refractivity contribution in [2.45, 2.75) is 32.1 Å². The summed E-state index contributed by atoms with van der Waals surface area (Å²) in [6.45, 7) is 0. The second-order valence-electron chi connectivity index (χ2n) is 2.59. The van der Waals surface area contributed by atoms with E-state index in [1.165, 1.54) is 32.1 Å². The molecule has 0 heterocycles. The van der Waals surface area contributed by atoms with Crippen LogP contribution in [0.5, 0.6) is 0 Å². The lowest BCUT2D eigenvalue weighted by atomic mass is 9.90. The van der Waals surface area contributed by atoms with Gasteiger partial charge in [0.05, 0.1) is 0 Å². The van der Waals surface area contributed by atoms with E-state index in [1.807, 2.05) is 0 Å². The van der Waals surface area contributed by atoms with Gasteiger partial charge in [-0.2, -0.15) is 0 Å². The van der Waals surface area contributed by atoms with E-state index in [1.54, 1.807) is 0 Å². The van der Waals surface area contributed by atoms with Crippen molar-refractivity contribution in [3.8, 4) is 11.2 Å². The van der Waals surface area contributed by atoms with Crippen LogP contribution >= 0.6 is 12.6 Å². The van der Waals surface area contributed by atoms with E-state index < -0.39 is 0 Å². The van der Waals surface area contributed by atoms with E-state index >= 15 is 0 Å². The lowest BCUT2D eigenvalue weighted by Crippen LogP contribution is -2.02. The summed E-state index contributed by atoms with van der Waals surface area (Å²) in [5.74, 6) is 3.76. The minimum absolute atomic E-state index is 0.663. The highest BCUT2D eigenvalue weighted by molar-refractivity contribution is 7.85.